The second-order valence-electron chi connectivity index (χ2n) is 4.16. The van der Waals surface area contributed by atoms with Gasteiger partial charge in [0.25, 0.3) is 0 Å². The molecule has 0 radical (unpaired) electrons. The lowest BCUT2D eigenvalue weighted by Crippen LogP contribution is -2.04. The molecular weight excluding hydrogens is 281 g/mol. The molecule has 0 aliphatic rings. The van der Waals surface area contributed by atoms with E-state index in [9.17, 15) is 0 Å². The Morgan fingerprint density at radius 1 is 1.00 bits per heavy atom. The Morgan fingerprint density at radius 2 is 1.63 bits per heavy atom. The summed E-state index contributed by atoms with van der Waals surface area (Å²) in [5.41, 5.74) is 2.02. The van der Waals surface area contributed by atoms with E-state index in [4.69, 9.17) is 27.9 Å². The number of halogens is 2. The van der Waals surface area contributed by atoms with Crippen molar-refractivity contribution in [2.75, 3.05) is 7.05 Å². The van der Waals surface area contributed by atoms with E-state index >= 15 is 0 Å². The van der Waals surface area contributed by atoms with E-state index in [1.807, 2.05) is 49.5 Å². The highest BCUT2D eigenvalue weighted by molar-refractivity contribution is 6.35. The summed E-state index contributed by atoms with van der Waals surface area (Å²) in [6, 6.07) is 13.4. The van der Waals surface area contributed by atoms with Crippen LogP contribution in [0.5, 0.6) is 5.75 Å². The first kappa shape index (κ1) is 14.2. The van der Waals surface area contributed by atoms with Crippen molar-refractivity contribution in [1.29, 1.82) is 0 Å². The van der Waals surface area contributed by atoms with Crippen molar-refractivity contribution in [1.82, 2.24) is 5.32 Å². The summed E-state index contributed by atoms with van der Waals surface area (Å²) in [5.74, 6) is 0.802. The summed E-state index contributed by atoms with van der Waals surface area (Å²) in [6.45, 7) is 1.21. The lowest BCUT2D eigenvalue weighted by atomic mass is 10.2. The summed E-state index contributed by atoms with van der Waals surface area (Å²) in [6.07, 6.45) is 0. The van der Waals surface area contributed by atoms with Gasteiger partial charge < -0.3 is 10.1 Å². The van der Waals surface area contributed by atoms with E-state index in [2.05, 4.69) is 5.32 Å². The second kappa shape index (κ2) is 6.80. The first-order chi connectivity index (χ1) is 9.20. The molecule has 0 aromatic heterocycles. The van der Waals surface area contributed by atoms with Crippen LogP contribution in [0.25, 0.3) is 0 Å². The smallest absolute Gasteiger partial charge is 0.119 e. The fourth-order valence-electron chi connectivity index (χ4n) is 1.73. The van der Waals surface area contributed by atoms with Crippen LogP contribution in [0.2, 0.25) is 10.0 Å². The standard InChI is InChI=1S/C15H15Cl2NO/c1-18-9-11-5-7-12(8-6-11)19-10-13-14(16)3-2-4-15(13)17/h2-8,18H,9-10H2,1H3. The quantitative estimate of drug-likeness (QED) is 0.888. The van der Waals surface area contributed by atoms with Gasteiger partial charge in [-0.25, -0.2) is 0 Å². The molecule has 0 heterocycles. The summed E-state index contributed by atoms with van der Waals surface area (Å²) < 4.78 is 5.70. The number of hydrogen-bond acceptors (Lipinski definition) is 2. The van der Waals surface area contributed by atoms with E-state index in [0.29, 0.717) is 16.7 Å². The van der Waals surface area contributed by atoms with Crippen molar-refractivity contribution >= 4 is 23.2 Å². The van der Waals surface area contributed by atoms with Gasteiger partial charge in [-0.15, -0.1) is 0 Å². The molecule has 0 bridgehead atoms. The maximum absolute atomic E-state index is 6.09. The van der Waals surface area contributed by atoms with Crippen molar-refractivity contribution in [3.8, 4) is 5.75 Å². The van der Waals surface area contributed by atoms with Crippen LogP contribution in [0.1, 0.15) is 11.1 Å². The van der Waals surface area contributed by atoms with E-state index in [1.54, 1.807) is 0 Å². The monoisotopic (exact) mass is 295 g/mol. The summed E-state index contributed by atoms with van der Waals surface area (Å²) in [7, 11) is 1.92. The van der Waals surface area contributed by atoms with Gasteiger partial charge in [0.2, 0.25) is 0 Å². The van der Waals surface area contributed by atoms with Crippen molar-refractivity contribution in [3.63, 3.8) is 0 Å². The van der Waals surface area contributed by atoms with E-state index in [0.717, 1.165) is 17.9 Å². The van der Waals surface area contributed by atoms with Crippen molar-refractivity contribution in [2.45, 2.75) is 13.2 Å². The van der Waals surface area contributed by atoms with Gasteiger partial charge >= 0.3 is 0 Å². The largest absolute Gasteiger partial charge is 0.489 e. The molecule has 19 heavy (non-hydrogen) atoms. The van der Waals surface area contributed by atoms with Crippen LogP contribution in [-0.2, 0) is 13.2 Å². The van der Waals surface area contributed by atoms with Crippen LogP contribution in [-0.4, -0.2) is 7.05 Å². The fourth-order valence-corrected chi connectivity index (χ4v) is 2.24. The summed E-state index contributed by atoms with van der Waals surface area (Å²) in [4.78, 5) is 0. The molecule has 4 heteroatoms. The lowest BCUT2D eigenvalue weighted by molar-refractivity contribution is 0.306. The van der Waals surface area contributed by atoms with Crippen LogP contribution in [0.15, 0.2) is 42.5 Å². The molecule has 0 aliphatic heterocycles. The lowest BCUT2D eigenvalue weighted by Gasteiger charge is -2.10. The Kier molecular flexibility index (Phi) is 5.08. The third-order valence-electron chi connectivity index (χ3n) is 2.75. The Morgan fingerprint density at radius 3 is 2.21 bits per heavy atom. The number of rotatable bonds is 5. The molecule has 2 nitrogen and oxygen atoms in total. The van der Waals surface area contributed by atoms with Crippen LogP contribution >= 0.6 is 23.2 Å². The molecule has 1 N–H and O–H groups in total. The van der Waals surface area contributed by atoms with Gasteiger partial charge in [-0.3, -0.25) is 0 Å². The molecule has 2 aromatic rings. The molecule has 2 aromatic carbocycles. The predicted molar refractivity (Wildman–Crippen MR) is 80.0 cm³/mol. The fraction of sp³-hybridized carbons (Fsp3) is 0.200. The molecule has 0 fully saturated rings. The second-order valence-corrected chi connectivity index (χ2v) is 4.98. The number of nitrogens with one attached hydrogen (secondary N) is 1. The van der Waals surface area contributed by atoms with E-state index in [1.165, 1.54) is 5.56 Å². The zero-order chi connectivity index (χ0) is 13.7. The highest BCUT2D eigenvalue weighted by atomic mass is 35.5. The van der Waals surface area contributed by atoms with Crippen molar-refractivity contribution in [3.05, 3.63) is 63.6 Å². The molecule has 2 rings (SSSR count). The van der Waals surface area contributed by atoms with E-state index < -0.39 is 0 Å². The molecule has 0 unspecified atom stereocenters. The highest BCUT2D eigenvalue weighted by Crippen LogP contribution is 2.25. The highest BCUT2D eigenvalue weighted by Gasteiger charge is 2.06. The number of benzene rings is 2. The normalized spacial score (nSPS) is 10.5. The van der Waals surface area contributed by atoms with Crippen LogP contribution in [0.4, 0.5) is 0 Å². The Balaban J connectivity index is 2.02. The molecule has 0 saturated heterocycles. The van der Waals surface area contributed by atoms with Crippen LogP contribution in [0, 0.1) is 0 Å². The molecule has 0 spiro atoms. The van der Waals surface area contributed by atoms with Gasteiger partial charge in [0, 0.05) is 22.2 Å². The van der Waals surface area contributed by atoms with Gasteiger partial charge in [0.1, 0.15) is 12.4 Å². The molecule has 0 saturated carbocycles. The third-order valence-corrected chi connectivity index (χ3v) is 3.46. The van der Waals surface area contributed by atoms with E-state index in [-0.39, 0.29) is 0 Å². The van der Waals surface area contributed by atoms with Crippen LogP contribution in [0.3, 0.4) is 0 Å². The third kappa shape index (κ3) is 3.87. The van der Waals surface area contributed by atoms with Crippen molar-refractivity contribution in [2.24, 2.45) is 0 Å². The Bertz CT molecular complexity index is 520. The van der Waals surface area contributed by atoms with Gasteiger partial charge in [-0.1, -0.05) is 41.4 Å². The van der Waals surface area contributed by atoms with Gasteiger partial charge in [0.05, 0.1) is 0 Å². The number of ether oxygens (including phenoxy) is 1. The number of hydrogen-bond donors (Lipinski definition) is 1. The first-order valence-electron chi connectivity index (χ1n) is 6.00. The summed E-state index contributed by atoms with van der Waals surface area (Å²) >= 11 is 12.2. The molecule has 100 valence electrons. The minimum Gasteiger partial charge on any atom is -0.489 e. The Hall–Kier alpha value is -1.22. The van der Waals surface area contributed by atoms with Crippen LogP contribution < -0.4 is 10.1 Å². The molecular formula is C15H15Cl2NO. The minimum absolute atomic E-state index is 0.365. The average Bonchev–Trinajstić information content (AvgIpc) is 2.40. The molecule has 0 atom stereocenters. The maximum Gasteiger partial charge on any atom is 0.119 e. The molecule has 0 aliphatic carbocycles. The van der Waals surface area contributed by atoms with Gasteiger partial charge in [-0.05, 0) is 36.9 Å². The SMILES string of the molecule is CNCc1ccc(OCc2c(Cl)cccc2Cl)cc1. The summed E-state index contributed by atoms with van der Waals surface area (Å²) in [5, 5.41) is 4.35. The van der Waals surface area contributed by atoms with Crippen molar-refractivity contribution < 1.29 is 4.74 Å². The zero-order valence-corrected chi connectivity index (χ0v) is 12.1. The Labute approximate surface area is 123 Å². The predicted octanol–water partition coefficient (Wildman–Crippen LogP) is 4.29. The first-order valence-corrected chi connectivity index (χ1v) is 6.75. The van der Waals surface area contributed by atoms with Gasteiger partial charge in [-0.2, -0.15) is 0 Å². The van der Waals surface area contributed by atoms with Gasteiger partial charge in [0.15, 0.2) is 0 Å². The maximum atomic E-state index is 6.09. The topological polar surface area (TPSA) is 21.3 Å². The average molecular weight is 296 g/mol. The molecule has 0 amide bonds. The minimum atomic E-state index is 0.365. The zero-order valence-electron chi connectivity index (χ0n) is 10.6.